The van der Waals surface area contributed by atoms with Crippen LogP contribution in [0.25, 0.3) is 0 Å². The van der Waals surface area contributed by atoms with Crippen LogP contribution in [-0.2, 0) is 24.5 Å². The van der Waals surface area contributed by atoms with Crippen molar-refractivity contribution in [2.24, 2.45) is 5.73 Å². The second-order valence-electron chi connectivity index (χ2n) is 8.87. The SMILES string of the molecule is COC(=O)C1=C(N)N(c2cc(C)ccc2C)C2=C(C(=O)CCC2)C12C(=O)Nc1ccc(Br)cc12. The van der Waals surface area contributed by atoms with E-state index in [9.17, 15) is 14.4 Å². The van der Waals surface area contributed by atoms with Gasteiger partial charge in [0.2, 0.25) is 5.91 Å². The lowest BCUT2D eigenvalue weighted by Crippen LogP contribution is -2.53. The number of nitrogens with zero attached hydrogens (tertiary/aromatic N) is 1. The van der Waals surface area contributed by atoms with Crippen LogP contribution in [-0.4, -0.2) is 24.8 Å². The van der Waals surface area contributed by atoms with E-state index in [1.807, 2.05) is 32.0 Å². The fourth-order valence-corrected chi connectivity index (χ4v) is 5.78. The third-order valence-corrected chi connectivity index (χ3v) is 7.36. The number of methoxy groups -OCH3 is 1. The first-order chi connectivity index (χ1) is 16.2. The molecule has 1 spiro atoms. The number of aryl methyl sites for hydroxylation is 2. The summed E-state index contributed by atoms with van der Waals surface area (Å²) in [5.41, 5.74) is 9.75. The number of carbonyl (C=O) groups excluding carboxylic acids is 3. The van der Waals surface area contributed by atoms with Gasteiger partial charge in [-0.25, -0.2) is 4.79 Å². The quantitative estimate of drug-likeness (QED) is 0.576. The van der Waals surface area contributed by atoms with Gasteiger partial charge in [-0.2, -0.15) is 0 Å². The molecule has 5 rings (SSSR count). The maximum absolute atomic E-state index is 13.8. The van der Waals surface area contributed by atoms with E-state index in [1.54, 1.807) is 23.1 Å². The number of ketones is 1. The van der Waals surface area contributed by atoms with Gasteiger partial charge in [0, 0.05) is 33.4 Å². The van der Waals surface area contributed by atoms with Gasteiger partial charge >= 0.3 is 5.97 Å². The van der Waals surface area contributed by atoms with Crippen molar-refractivity contribution in [3.8, 4) is 0 Å². The van der Waals surface area contributed by atoms with E-state index in [-0.39, 0.29) is 23.6 Å². The third kappa shape index (κ3) is 2.91. The number of hydrogen-bond acceptors (Lipinski definition) is 6. The molecule has 0 radical (unpaired) electrons. The summed E-state index contributed by atoms with van der Waals surface area (Å²) in [6, 6.07) is 11.3. The molecule has 1 unspecified atom stereocenters. The van der Waals surface area contributed by atoms with Crippen molar-refractivity contribution in [3.63, 3.8) is 0 Å². The number of nitrogens with one attached hydrogen (secondary N) is 1. The highest BCUT2D eigenvalue weighted by Crippen LogP contribution is 2.56. The van der Waals surface area contributed by atoms with E-state index in [0.717, 1.165) is 16.8 Å². The van der Waals surface area contributed by atoms with Crippen molar-refractivity contribution in [1.29, 1.82) is 0 Å². The van der Waals surface area contributed by atoms with E-state index in [2.05, 4.69) is 21.2 Å². The van der Waals surface area contributed by atoms with Crippen LogP contribution in [0, 0.1) is 13.8 Å². The predicted molar refractivity (Wildman–Crippen MR) is 132 cm³/mol. The maximum Gasteiger partial charge on any atom is 0.339 e. The monoisotopic (exact) mass is 521 g/mol. The van der Waals surface area contributed by atoms with Crippen LogP contribution in [0.5, 0.6) is 0 Å². The Morgan fingerprint density at radius 1 is 1.15 bits per heavy atom. The highest BCUT2D eigenvalue weighted by atomic mass is 79.9. The number of Topliss-reactive ketones (excluding diaryl/α,β-unsaturated/α-hetero) is 1. The number of carbonyl (C=O) groups is 3. The molecule has 1 amide bonds. The number of esters is 1. The summed E-state index contributed by atoms with van der Waals surface area (Å²) >= 11 is 3.48. The smallest absolute Gasteiger partial charge is 0.339 e. The lowest BCUT2D eigenvalue weighted by Gasteiger charge is -2.44. The lowest BCUT2D eigenvalue weighted by molar-refractivity contribution is -0.138. The minimum absolute atomic E-state index is 0.0424. The molecule has 7 nitrogen and oxygen atoms in total. The molecule has 2 aliphatic heterocycles. The van der Waals surface area contributed by atoms with Crippen molar-refractivity contribution < 1.29 is 19.1 Å². The Morgan fingerprint density at radius 3 is 2.65 bits per heavy atom. The average Bonchev–Trinajstić information content (AvgIpc) is 3.07. The second kappa shape index (κ2) is 7.84. The molecule has 0 aromatic heterocycles. The van der Waals surface area contributed by atoms with E-state index in [0.29, 0.717) is 39.8 Å². The van der Waals surface area contributed by atoms with Gasteiger partial charge in [0.15, 0.2) is 5.78 Å². The van der Waals surface area contributed by atoms with Gasteiger partial charge in [0.25, 0.3) is 0 Å². The van der Waals surface area contributed by atoms with Gasteiger partial charge in [0.1, 0.15) is 16.8 Å². The first-order valence-corrected chi connectivity index (χ1v) is 11.8. The number of halogens is 1. The van der Waals surface area contributed by atoms with Gasteiger partial charge in [-0.1, -0.05) is 28.1 Å². The first kappa shape index (κ1) is 22.4. The number of amides is 1. The molecule has 1 atom stereocenters. The Labute approximate surface area is 205 Å². The summed E-state index contributed by atoms with van der Waals surface area (Å²) in [6.45, 7) is 3.92. The number of rotatable bonds is 2. The van der Waals surface area contributed by atoms with Crippen LogP contribution in [0.1, 0.15) is 36.0 Å². The van der Waals surface area contributed by atoms with E-state index in [4.69, 9.17) is 10.5 Å². The highest BCUT2D eigenvalue weighted by molar-refractivity contribution is 9.10. The first-order valence-electron chi connectivity index (χ1n) is 11.1. The Balaban J connectivity index is 1.94. The van der Waals surface area contributed by atoms with Gasteiger partial charge in [-0.15, -0.1) is 0 Å². The van der Waals surface area contributed by atoms with Crippen molar-refractivity contribution >= 4 is 45.0 Å². The highest BCUT2D eigenvalue weighted by Gasteiger charge is 2.62. The Kier molecular flexibility index (Phi) is 5.16. The summed E-state index contributed by atoms with van der Waals surface area (Å²) in [7, 11) is 1.25. The van der Waals surface area contributed by atoms with Crippen LogP contribution >= 0.6 is 15.9 Å². The molecule has 174 valence electrons. The molecule has 0 saturated carbocycles. The third-order valence-electron chi connectivity index (χ3n) is 6.87. The topological polar surface area (TPSA) is 102 Å². The summed E-state index contributed by atoms with van der Waals surface area (Å²) in [4.78, 5) is 42.6. The zero-order valence-corrected chi connectivity index (χ0v) is 20.7. The Hall–Kier alpha value is -3.39. The minimum Gasteiger partial charge on any atom is -0.466 e. The number of fused-ring (bicyclic) bond motifs is 3. The molecule has 8 heteroatoms. The zero-order chi connectivity index (χ0) is 24.4. The van der Waals surface area contributed by atoms with Gasteiger partial charge in [0.05, 0.1) is 12.8 Å². The number of nitrogens with two attached hydrogens (primary N) is 1. The second-order valence-corrected chi connectivity index (χ2v) is 9.79. The maximum atomic E-state index is 13.8. The molecule has 2 aromatic rings. The minimum atomic E-state index is -1.68. The van der Waals surface area contributed by atoms with Crippen molar-refractivity contribution in [3.05, 3.63) is 80.2 Å². The number of ether oxygens (including phenoxy) is 1. The van der Waals surface area contributed by atoms with Gasteiger partial charge < -0.3 is 15.8 Å². The standard InChI is InChI=1S/C26H24BrN3O4/c1-13-7-8-14(2)19(11-13)30-18-5-4-6-20(31)21(18)26(22(23(30)28)24(32)34-3)16-12-15(27)9-10-17(16)29-25(26)33/h7-12H,4-6,28H2,1-3H3,(H,29,33). The molecule has 34 heavy (non-hydrogen) atoms. The van der Waals surface area contributed by atoms with Crippen LogP contribution in [0.2, 0.25) is 0 Å². The largest absolute Gasteiger partial charge is 0.466 e. The molecule has 0 bridgehead atoms. The van der Waals surface area contributed by atoms with Crippen molar-refractivity contribution in [1.82, 2.24) is 0 Å². The zero-order valence-electron chi connectivity index (χ0n) is 19.1. The molecule has 0 saturated heterocycles. The number of benzene rings is 2. The van der Waals surface area contributed by atoms with Gasteiger partial charge in [-0.05, 0) is 62.1 Å². The molecule has 2 heterocycles. The van der Waals surface area contributed by atoms with Crippen LogP contribution < -0.4 is 16.0 Å². The number of hydrogen-bond donors (Lipinski definition) is 2. The summed E-state index contributed by atoms with van der Waals surface area (Å²) < 4.78 is 5.88. The average molecular weight is 522 g/mol. The van der Waals surface area contributed by atoms with E-state index in [1.165, 1.54) is 7.11 Å². The molecule has 3 aliphatic rings. The molecular weight excluding hydrogens is 498 g/mol. The number of allylic oxidation sites excluding steroid dienone is 1. The van der Waals surface area contributed by atoms with E-state index >= 15 is 0 Å². The fourth-order valence-electron chi connectivity index (χ4n) is 5.42. The Bertz CT molecular complexity index is 1360. The van der Waals surface area contributed by atoms with Crippen LogP contribution in [0.3, 0.4) is 0 Å². The summed E-state index contributed by atoms with van der Waals surface area (Å²) in [5, 5.41) is 2.88. The number of anilines is 2. The molecule has 3 N–H and O–H groups in total. The van der Waals surface area contributed by atoms with Crippen molar-refractivity contribution in [2.75, 3.05) is 17.3 Å². The molecule has 2 aromatic carbocycles. The Morgan fingerprint density at radius 2 is 1.91 bits per heavy atom. The normalized spacial score (nSPS) is 21.6. The lowest BCUT2D eigenvalue weighted by atomic mass is 9.63. The van der Waals surface area contributed by atoms with Crippen molar-refractivity contribution in [2.45, 2.75) is 38.5 Å². The molecular formula is C26H24BrN3O4. The summed E-state index contributed by atoms with van der Waals surface area (Å²) in [6.07, 6.45) is 1.46. The van der Waals surface area contributed by atoms with Crippen LogP contribution in [0.4, 0.5) is 11.4 Å². The molecule has 1 aliphatic carbocycles. The van der Waals surface area contributed by atoms with E-state index < -0.39 is 17.3 Å². The molecule has 0 fully saturated rings. The predicted octanol–water partition coefficient (Wildman–Crippen LogP) is 4.13. The van der Waals surface area contributed by atoms with Gasteiger partial charge in [-0.3, -0.25) is 14.5 Å². The fraction of sp³-hybridized carbons (Fsp3) is 0.269. The summed E-state index contributed by atoms with van der Waals surface area (Å²) in [5.74, 6) is -1.31. The van der Waals surface area contributed by atoms with Crippen LogP contribution in [0.15, 0.2) is 63.5 Å².